The van der Waals surface area contributed by atoms with Crippen LogP contribution in [0.15, 0.2) is 47.4 Å². The van der Waals surface area contributed by atoms with Crippen molar-refractivity contribution in [3.63, 3.8) is 0 Å². The second-order valence-electron chi connectivity index (χ2n) is 4.81. The number of carbonyl (C=O) groups excluding carboxylic acids is 2. The summed E-state index contributed by atoms with van der Waals surface area (Å²) in [6.45, 7) is 0. The smallest absolute Gasteiger partial charge is 0.273 e. The van der Waals surface area contributed by atoms with Crippen LogP contribution < -0.4 is 20.3 Å². The number of rotatable bonds is 6. The van der Waals surface area contributed by atoms with E-state index in [0.29, 0.717) is 16.5 Å². The molecule has 6 nitrogen and oxygen atoms in total. The van der Waals surface area contributed by atoms with Crippen molar-refractivity contribution < 1.29 is 19.1 Å². The SMILES string of the molecule is COc1ccc(C(=O)NNC(=O)CSc2ccc(Cl)cc2)c(OC)c1. The Morgan fingerprint density at radius 1 is 1.04 bits per heavy atom. The summed E-state index contributed by atoms with van der Waals surface area (Å²) < 4.78 is 10.2. The predicted octanol–water partition coefficient (Wildman–Crippen LogP) is 2.91. The normalized spacial score (nSPS) is 10.0. The van der Waals surface area contributed by atoms with E-state index in [2.05, 4.69) is 10.9 Å². The average Bonchev–Trinajstić information content (AvgIpc) is 2.65. The van der Waals surface area contributed by atoms with Crippen LogP contribution in [0.4, 0.5) is 0 Å². The van der Waals surface area contributed by atoms with Crippen LogP contribution in [-0.4, -0.2) is 31.8 Å². The van der Waals surface area contributed by atoms with Gasteiger partial charge in [0.05, 0.1) is 25.5 Å². The summed E-state index contributed by atoms with van der Waals surface area (Å²) in [7, 11) is 2.97. The van der Waals surface area contributed by atoms with E-state index in [4.69, 9.17) is 21.1 Å². The number of thioether (sulfide) groups is 1. The van der Waals surface area contributed by atoms with Crippen molar-refractivity contribution >= 4 is 35.2 Å². The quantitative estimate of drug-likeness (QED) is 0.595. The minimum absolute atomic E-state index is 0.154. The lowest BCUT2D eigenvalue weighted by Crippen LogP contribution is -2.42. The van der Waals surface area contributed by atoms with Gasteiger partial charge in [0, 0.05) is 16.0 Å². The summed E-state index contributed by atoms with van der Waals surface area (Å²) in [6, 6.07) is 11.9. The summed E-state index contributed by atoms with van der Waals surface area (Å²) in [5.74, 6) is 0.255. The third kappa shape index (κ3) is 5.58. The first kappa shape index (κ1) is 19.0. The van der Waals surface area contributed by atoms with Crippen molar-refractivity contribution in [2.45, 2.75) is 4.90 Å². The molecular formula is C17H17ClN2O4S. The molecule has 0 radical (unpaired) electrons. The fourth-order valence-corrected chi connectivity index (χ4v) is 2.72. The van der Waals surface area contributed by atoms with Gasteiger partial charge >= 0.3 is 0 Å². The zero-order valence-corrected chi connectivity index (χ0v) is 15.2. The third-order valence-electron chi connectivity index (χ3n) is 3.15. The van der Waals surface area contributed by atoms with Gasteiger partial charge in [0.1, 0.15) is 11.5 Å². The molecule has 2 rings (SSSR count). The van der Waals surface area contributed by atoms with Crippen molar-refractivity contribution in [1.82, 2.24) is 10.9 Å². The molecule has 0 spiro atoms. The lowest BCUT2D eigenvalue weighted by molar-refractivity contribution is -0.119. The first-order valence-corrected chi connectivity index (χ1v) is 8.59. The highest BCUT2D eigenvalue weighted by Crippen LogP contribution is 2.24. The number of carbonyl (C=O) groups is 2. The topological polar surface area (TPSA) is 76.7 Å². The molecule has 0 aliphatic rings. The Labute approximate surface area is 154 Å². The highest BCUT2D eigenvalue weighted by molar-refractivity contribution is 8.00. The number of halogens is 1. The molecule has 0 fully saturated rings. The maximum atomic E-state index is 12.2. The van der Waals surface area contributed by atoms with Crippen molar-refractivity contribution in [2.24, 2.45) is 0 Å². The third-order valence-corrected chi connectivity index (χ3v) is 4.42. The van der Waals surface area contributed by atoms with Gasteiger partial charge in [-0.25, -0.2) is 0 Å². The van der Waals surface area contributed by atoms with Crippen LogP contribution >= 0.6 is 23.4 Å². The molecule has 0 bridgehead atoms. The van der Waals surface area contributed by atoms with Gasteiger partial charge in [0.15, 0.2) is 0 Å². The number of nitrogens with one attached hydrogen (secondary N) is 2. The molecule has 132 valence electrons. The van der Waals surface area contributed by atoms with E-state index in [-0.39, 0.29) is 17.2 Å². The van der Waals surface area contributed by atoms with Crippen molar-refractivity contribution in [2.75, 3.05) is 20.0 Å². The van der Waals surface area contributed by atoms with Gasteiger partial charge in [-0.3, -0.25) is 20.4 Å². The standard InChI is InChI=1S/C17H17ClN2O4S/c1-23-12-5-8-14(15(9-12)24-2)17(22)20-19-16(21)10-25-13-6-3-11(18)4-7-13/h3-9H,10H2,1-2H3,(H,19,21)(H,20,22). The molecule has 0 aromatic heterocycles. The number of hydrogen-bond donors (Lipinski definition) is 2. The molecule has 0 saturated heterocycles. The number of methoxy groups -OCH3 is 2. The first-order valence-electron chi connectivity index (χ1n) is 7.23. The van der Waals surface area contributed by atoms with Gasteiger partial charge in [0.2, 0.25) is 5.91 Å². The maximum Gasteiger partial charge on any atom is 0.273 e. The van der Waals surface area contributed by atoms with Gasteiger partial charge in [-0.15, -0.1) is 11.8 Å². The molecule has 25 heavy (non-hydrogen) atoms. The number of ether oxygens (including phenoxy) is 2. The van der Waals surface area contributed by atoms with E-state index in [9.17, 15) is 9.59 Å². The van der Waals surface area contributed by atoms with E-state index < -0.39 is 5.91 Å². The van der Waals surface area contributed by atoms with Gasteiger partial charge in [-0.05, 0) is 36.4 Å². The number of hydrogen-bond acceptors (Lipinski definition) is 5. The molecule has 2 aromatic rings. The van der Waals surface area contributed by atoms with Crippen LogP contribution in [0.1, 0.15) is 10.4 Å². The van der Waals surface area contributed by atoms with Crippen LogP contribution in [0.25, 0.3) is 0 Å². The monoisotopic (exact) mass is 380 g/mol. The first-order chi connectivity index (χ1) is 12.0. The van der Waals surface area contributed by atoms with Gasteiger partial charge in [-0.2, -0.15) is 0 Å². The summed E-state index contributed by atoms with van der Waals surface area (Å²) in [5.41, 5.74) is 5.02. The molecule has 2 amide bonds. The fourth-order valence-electron chi connectivity index (χ4n) is 1.90. The Hall–Kier alpha value is -2.38. The Morgan fingerprint density at radius 3 is 2.40 bits per heavy atom. The summed E-state index contributed by atoms with van der Waals surface area (Å²) in [5, 5.41) is 0.634. The van der Waals surface area contributed by atoms with Crippen LogP contribution in [0, 0.1) is 0 Å². The van der Waals surface area contributed by atoms with Crippen molar-refractivity contribution in [3.8, 4) is 11.5 Å². The minimum Gasteiger partial charge on any atom is -0.497 e. The molecule has 8 heteroatoms. The van der Waals surface area contributed by atoms with E-state index in [1.165, 1.54) is 26.0 Å². The molecule has 0 unspecified atom stereocenters. The van der Waals surface area contributed by atoms with Crippen molar-refractivity contribution in [1.29, 1.82) is 0 Å². The molecule has 0 aliphatic carbocycles. The zero-order chi connectivity index (χ0) is 18.2. The largest absolute Gasteiger partial charge is 0.497 e. The summed E-state index contributed by atoms with van der Waals surface area (Å²) >= 11 is 7.14. The highest BCUT2D eigenvalue weighted by Gasteiger charge is 2.14. The number of benzene rings is 2. The molecule has 0 heterocycles. The molecule has 2 N–H and O–H groups in total. The Kier molecular flexibility index (Phi) is 6.97. The molecule has 0 aliphatic heterocycles. The Morgan fingerprint density at radius 2 is 1.76 bits per heavy atom. The molecular weight excluding hydrogens is 364 g/mol. The average molecular weight is 381 g/mol. The Balaban J connectivity index is 1.86. The number of hydrazine groups is 1. The second kappa shape index (κ2) is 9.19. The lowest BCUT2D eigenvalue weighted by Gasteiger charge is -2.11. The van der Waals surface area contributed by atoms with Crippen LogP contribution in [0.3, 0.4) is 0 Å². The van der Waals surface area contributed by atoms with Crippen molar-refractivity contribution in [3.05, 3.63) is 53.1 Å². The van der Waals surface area contributed by atoms with E-state index in [0.717, 1.165) is 4.90 Å². The zero-order valence-electron chi connectivity index (χ0n) is 13.7. The molecule has 2 aromatic carbocycles. The van der Waals surface area contributed by atoms with Crippen LogP contribution in [-0.2, 0) is 4.79 Å². The van der Waals surface area contributed by atoms with E-state index >= 15 is 0 Å². The second-order valence-corrected chi connectivity index (χ2v) is 6.30. The van der Waals surface area contributed by atoms with E-state index in [1.54, 1.807) is 30.3 Å². The predicted molar refractivity (Wildman–Crippen MR) is 97.3 cm³/mol. The van der Waals surface area contributed by atoms with Gasteiger partial charge in [-0.1, -0.05) is 11.6 Å². The van der Waals surface area contributed by atoms with Crippen LogP contribution in [0.5, 0.6) is 11.5 Å². The lowest BCUT2D eigenvalue weighted by atomic mass is 10.2. The van der Waals surface area contributed by atoms with E-state index in [1.807, 2.05) is 12.1 Å². The fraction of sp³-hybridized carbons (Fsp3) is 0.176. The van der Waals surface area contributed by atoms with Gasteiger partial charge < -0.3 is 9.47 Å². The molecule has 0 atom stereocenters. The van der Waals surface area contributed by atoms with Crippen LogP contribution in [0.2, 0.25) is 5.02 Å². The van der Waals surface area contributed by atoms with Gasteiger partial charge in [0.25, 0.3) is 5.91 Å². The maximum absolute atomic E-state index is 12.2. The Bertz CT molecular complexity index is 753. The summed E-state index contributed by atoms with van der Waals surface area (Å²) in [6.07, 6.45) is 0. The summed E-state index contributed by atoms with van der Waals surface area (Å²) in [4.78, 5) is 24.9. The highest BCUT2D eigenvalue weighted by atomic mass is 35.5. The molecule has 0 saturated carbocycles. The minimum atomic E-state index is -0.482. The number of amides is 2.